The van der Waals surface area contributed by atoms with Crippen LogP contribution in [0.3, 0.4) is 0 Å². The molecule has 1 fully saturated rings. The Bertz CT molecular complexity index is 1480. The summed E-state index contributed by atoms with van der Waals surface area (Å²) in [5, 5.41) is 22.2. The minimum Gasteiger partial charge on any atom is -0.392 e. The maximum atomic E-state index is 15.2. The van der Waals surface area contributed by atoms with Gasteiger partial charge < -0.3 is 26.9 Å². The van der Waals surface area contributed by atoms with E-state index in [9.17, 15) is 18.3 Å². The number of rotatable bonds is 10. The third kappa shape index (κ3) is 7.40. The lowest BCUT2D eigenvalue weighted by atomic mass is 9.99. The first-order chi connectivity index (χ1) is 19.5. The number of benzene rings is 1. The predicted molar refractivity (Wildman–Crippen MR) is 151 cm³/mol. The second-order valence-electron chi connectivity index (χ2n) is 9.49. The number of β-amino-alcohol motifs (C(OH)–C–C–N with tert-alkyl or cyclic N) is 1. The summed E-state index contributed by atoms with van der Waals surface area (Å²) in [7, 11) is 0. The Labute approximate surface area is 239 Å². The summed E-state index contributed by atoms with van der Waals surface area (Å²) in [4.78, 5) is 10.0. The number of hydrogen-bond donors (Lipinski definition) is 5. The van der Waals surface area contributed by atoms with Gasteiger partial charge in [0.2, 0.25) is 0 Å². The van der Waals surface area contributed by atoms with Crippen LogP contribution >= 0.6 is 11.6 Å². The van der Waals surface area contributed by atoms with Gasteiger partial charge in [-0.2, -0.15) is 13.2 Å². The van der Waals surface area contributed by atoms with Crippen LogP contribution in [-0.2, 0) is 13.0 Å². The van der Waals surface area contributed by atoms with Gasteiger partial charge in [0.25, 0.3) is 0 Å². The Balaban J connectivity index is 1.55. The Kier molecular flexibility index (Phi) is 9.26. The van der Waals surface area contributed by atoms with Crippen molar-refractivity contribution in [2.75, 3.05) is 29.5 Å². The third-order valence-electron chi connectivity index (χ3n) is 6.57. The molecule has 0 saturated carbocycles. The number of halogens is 5. The Morgan fingerprint density at radius 3 is 2.61 bits per heavy atom. The quantitative estimate of drug-likeness (QED) is 0.120. The summed E-state index contributed by atoms with van der Waals surface area (Å²) in [5.41, 5.74) is 5.89. The Morgan fingerprint density at radius 1 is 1.20 bits per heavy atom. The minimum absolute atomic E-state index is 0.0491. The van der Waals surface area contributed by atoms with Gasteiger partial charge in [-0.3, -0.25) is 4.90 Å². The zero-order valence-corrected chi connectivity index (χ0v) is 22.5. The van der Waals surface area contributed by atoms with Gasteiger partial charge in [0.15, 0.2) is 0 Å². The Morgan fingerprint density at radius 2 is 1.98 bits per heavy atom. The first kappa shape index (κ1) is 30.0. The molecule has 8 nitrogen and oxygen atoms in total. The summed E-state index contributed by atoms with van der Waals surface area (Å²) < 4.78 is 57.1. The van der Waals surface area contributed by atoms with Crippen LogP contribution in [0.25, 0.3) is 0 Å². The molecular formula is C28H28ClF4N7O. The fourth-order valence-electron chi connectivity index (χ4n) is 4.49. The number of alkyl halides is 3. The first-order valence-electron chi connectivity index (χ1n) is 12.5. The number of hydrogen-bond acceptors (Lipinski definition) is 8. The van der Waals surface area contributed by atoms with Gasteiger partial charge in [-0.05, 0) is 47.9 Å². The number of pyridine rings is 2. The molecule has 1 aromatic carbocycles. The maximum absolute atomic E-state index is 15.2. The van der Waals surface area contributed by atoms with Crippen molar-refractivity contribution in [1.82, 2.24) is 14.9 Å². The van der Waals surface area contributed by atoms with E-state index in [1.54, 1.807) is 12.3 Å². The van der Waals surface area contributed by atoms with Gasteiger partial charge in [-0.1, -0.05) is 24.2 Å². The average Bonchev–Trinajstić information content (AvgIpc) is 3.32. The normalized spacial score (nSPS) is 16.3. The van der Waals surface area contributed by atoms with Gasteiger partial charge in [0, 0.05) is 67.2 Å². The van der Waals surface area contributed by atoms with E-state index in [-0.39, 0.29) is 28.6 Å². The van der Waals surface area contributed by atoms with E-state index in [0.29, 0.717) is 43.7 Å². The molecule has 1 unspecified atom stereocenters. The van der Waals surface area contributed by atoms with Gasteiger partial charge in [0.05, 0.1) is 11.1 Å². The first-order valence-corrected chi connectivity index (χ1v) is 12.9. The summed E-state index contributed by atoms with van der Waals surface area (Å²) >= 11 is 5.96. The van der Waals surface area contributed by atoms with Gasteiger partial charge in [-0.15, -0.1) is 0 Å². The second-order valence-corrected chi connectivity index (χ2v) is 9.89. The lowest BCUT2D eigenvalue weighted by molar-refractivity contribution is -0.0906. The van der Waals surface area contributed by atoms with Gasteiger partial charge >= 0.3 is 6.18 Å². The highest BCUT2D eigenvalue weighted by molar-refractivity contribution is 6.32. The van der Waals surface area contributed by atoms with Crippen molar-refractivity contribution in [1.29, 1.82) is 5.41 Å². The number of anilines is 3. The third-order valence-corrected chi connectivity index (χ3v) is 6.87. The monoisotopic (exact) mass is 589 g/mol. The van der Waals surface area contributed by atoms with E-state index in [2.05, 4.69) is 32.1 Å². The molecule has 1 saturated heterocycles. The molecule has 3 heterocycles. The van der Waals surface area contributed by atoms with E-state index >= 15 is 4.39 Å². The van der Waals surface area contributed by atoms with E-state index in [1.165, 1.54) is 30.5 Å². The van der Waals surface area contributed by atoms with Crippen LogP contribution in [0.15, 0.2) is 72.3 Å². The van der Waals surface area contributed by atoms with E-state index in [4.69, 9.17) is 22.7 Å². The average molecular weight is 590 g/mol. The fraction of sp³-hybridized carbons (Fsp3) is 0.250. The fourth-order valence-corrected chi connectivity index (χ4v) is 4.66. The molecule has 0 bridgehead atoms. The largest absolute Gasteiger partial charge is 0.432 e. The van der Waals surface area contributed by atoms with Gasteiger partial charge in [0.1, 0.15) is 23.1 Å². The minimum atomic E-state index is -4.91. The number of aliphatic hydroxyl groups excluding tert-OH is 1. The summed E-state index contributed by atoms with van der Waals surface area (Å²) in [6.07, 6.45) is -1.15. The smallest absolute Gasteiger partial charge is 0.392 e. The molecule has 0 radical (unpaired) electrons. The van der Waals surface area contributed by atoms with Crippen LogP contribution in [-0.4, -0.2) is 51.6 Å². The summed E-state index contributed by atoms with van der Waals surface area (Å²) in [6, 6.07) is 8.74. The number of aliphatic hydroxyl groups is 1. The van der Waals surface area contributed by atoms with Crippen LogP contribution in [0.5, 0.6) is 0 Å². The number of nitrogens with one attached hydrogen (secondary N) is 3. The number of nitrogen functional groups attached to an aromatic ring is 1. The van der Waals surface area contributed by atoms with Crippen LogP contribution in [0.1, 0.15) is 23.1 Å². The highest BCUT2D eigenvalue weighted by Crippen LogP contribution is 2.33. The number of allylic oxidation sites excluding steroid dienone is 2. The highest BCUT2D eigenvalue weighted by Gasteiger charge is 2.37. The molecule has 1 aliphatic rings. The van der Waals surface area contributed by atoms with Crippen molar-refractivity contribution in [2.24, 2.45) is 0 Å². The SMILES string of the molecule is C=C(Nc1ccc(Cc2ccnc(N)c2CN2CCC(O)C2)c(F)c1)/C(C=N)=C(/Nc1ncccc1Cl)C(F)(F)F. The number of aromatic nitrogens is 2. The molecule has 13 heteroatoms. The van der Waals surface area contributed by atoms with E-state index in [0.717, 1.165) is 17.2 Å². The second kappa shape index (κ2) is 12.7. The van der Waals surface area contributed by atoms with Crippen molar-refractivity contribution < 1.29 is 22.7 Å². The van der Waals surface area contributed by atoms with Crippen molar-refractivity contribution in [3.8, 4) is 0 Å². The maximum Gasteiger partial charge on any atom is 0.432 e. The number of nitrogens with two attached hydrogens (primary N) is 1. The van der Waals surface area contributed by atoms with Crippen LogP contribution in [0.4, 0.5) is 34.9 Å². The molecule has 216 valence electrons. The molecule has 2 aromatic heterocycles. The van der Waals surface area contributed by atoms with Gasteiger partial charge in [-0.25, -0.2) is 14.4 Å². The molecule has 6 N–H and O–H groups in total. The van der Waals surface area contributed by atoms with Crippen LogP contribution < -0.4 is 16.4 Å². The Hall–Kier alpha value is -4.00. The lowest BCUT2D eigenvalue weighted by Crippen LogP contribution is -2.24. The van der Waals surface area contributed by atoms with Crippen molar-refractivity contribution in [3.05, 3.63) is 99.9 Å². The molecule has 0 spiro atoms. The molecule has 4 rings (SSSR count). The number of likely N-dealkylation sites (tertiary alicyclic amines) is 1. The van der Waals surface area contributed by atoms with Crippen molar-refractivity contribution >= 4 is 35.1 Å². The molecule has 0 amide bonds. The van der Waals surface area contributed by atoms with Crippen LogP contribution in [0.2, 0.25) is 5.02 Å². The topological polar surface area (TPSA) is 123 Å². The molecule has 41 heavy (non-hydrogen) atoms. The number of nitrogens with zero attached hydrogens (tertiary/aromatic N) is 3. The lowest BCUT2D eigenvalue weighted by Gasteiger charge is -2.20. The summed E-state index contributed by atoms with van der Waals surface area (Å²) in [6.45, 7) is 5.32. The molecule has 0 aliphatic carbocycles. The standard InChI is InChI=1S/C28H28ClF4N7O/c1-16(21(13-34)25(28(31,32)33)39-27-23(29)3-2-8-37-27)38-19-5-4-18(24(30)12-19)11-17-6-9-36-26(35)22(17)15-40-10-7-20(41)14-40/h2-6,8-9,12-13,20,34,38,41H,1,7,10-11,14-15H2,(H2,35,36)(H,37,39)/b25-21+,34-13?. The van der Waals surface area contributed by atoms with E-state index < -0.39 is 29.4 Å². The van der Waals surface area contributed by atoms with E-state index in [1.807, 2.05) is 0 Å². The predicted octanol–water partition coefficient (Wildman–Crippen LogP) is 5.51. The highest BCUT2D eigenvalue weighted by atomic mass is 35.5. The molecule has 3 aromatic rings. The van der Waals surface area contributed by atoms with Crippen LogP contribution in [0, 0.1) is 11.2 Å². The molecule has 1 aliphatic heterocycles. The summed E-state index contributed by atoms with van der Waals surface area (Å²) in [5.74, 6) is -0.525. The zero-order valence-electron chi connectivity index (χ0n) is 21.8. The van der Waals surface area contributed by atoms with Crippen molar-refractivity contribution in [3.63, 3.8) is 0 Å². The zero-order chi connectivity index (χ0) is 29.7. The molecule has 1 atom stereocenters. The van der Waals surface area contributed by atoms with Crippen molar-refractivity contribution in [2.45, 2.75) is 31.7 Å². The molecular weight excluding hydrogens is 562 g/mol.